The van der Waals surface area contributed by atoms with E-state index in [-0.39, 0.29) is 0 Å². The van der Waals surface area contributed by atoms with Crippen molar-refractivity contribution in [1.29, 1.82) is 0 Å². The first-order chi connectivity index (χ1) is 5.88. The lowest BCUT2D eigenvalue weighted by Crippen LogP contribution is -1.90. The maximum absolute atomic E-state index is 5.59. The van der Waals surface area contributed by atoms with Gasteiger partial charge in [0.1, 0.15) is 10.7 Å². The second-order valence-corrected chi connectivity index (χ2v) is 2.99. The van der Waals surface area contributed by atoms with Crippen LogP contribution in [0.5, 0.6) is 0 Å². The van der Waals surface area contributed by atoms with Crippen LogP contribution in [0.15, 0.2) is 24.0 Å². The van der Waals surface area contributed by atoms with E-state index in [1.54, 1.807) is 24.0 Å². The predicted octanol–water partition coefficient (Wildman–Crippen LogP) is 1.18. The van der Waals surface area contributed by atoms with E-state index in [0.717, 1.165) is 4.88 Å². The number of hydrogen-bond acceptors (Lipinski definition) is 5. The summed E-state index contributed by atoms with van der Waals surface area (Å²) in [5.74, 6) is 1.13. The minimum atomic E-state index is 0.492. The van der Waals surface area contributed by atoms with Gasteiger partial charge in [-0.05, 0) is 6.07 Å². The molecule has 2 aromatic heterocycles. The number of hydrogen-bond donors (Lipinski definition) is 1. The van der Waals surface area contributed by atoms with Crippen molar-refractivity contribution in [2.24, 2.45) is 0 Å². The Hall–Kier alpha value is -1.49. The fourth-order valence-corrected chi connectivity index (χ4v) is 1.49. The van der Waals surface area contributed by atoms with Crippen molar-refractivity contribution in [3.63, 3.8) is 0 Å². The van der Waals surface area contributed by atoms with Gasteiger partial charge in [-0.1, -0.05) is 0 Å². The highest BCUT2D eigenvalue weighted by Gasteiger charge is 2.06. The molecule has 5 heteroatoms. The maximum atomic E-state index is 5.59. The van der Waals surface area contributed by atoms with E-state index in [1.807, 2.05) is 0 Å². The Morgan fingerprint density at radius 3 is 2.50 bits per heavy atom. The van der Waals surface area contributed by atoms with Crippen LogP contribution in [0.3, 0.4) is 0 Å². The molecular weight excluding hydrogens is 172 g/mol. The number of thiazole rings is 1. The summed E-state index contributed by atoms with van der Waals surface area (Å²) in [5, 5.41) is 0. The van der Waals surface area contributed by atoms with E-state index in [2.05, 4.69) is 15.0 Å². The van der Waals surface area contributed by atoms with Crippen LogP contribution in [0.4, 0.5) is 5.82 Å². The highest BCUT2D eigenvalue weighted by molar-refractivity contribution is 7.13. The Labute approximate surface area is 73.1 Å². The summed E-state index contributed by atoms with van der Waals surface area (Å²) in [5.41, 5.74) is 7.27. The van der Waals surface area contributed by atoms with Crippen molar-refractivity contribution >= 4 is 17.2 Å². The zero-order valence-electron chi connectivity index (χ0n) is 6.14. The van der Waals surface area contributed by atoms with Gasteiger partial charge < -0.3 is 5.73 Å². The second kappa shape index (κ2) is 2.86. The Morgan fingerprint density at radius 2 is 1.92 bits per heavy atom. The van der Waals surface area contributed by atoms with Crippen molar-refractivity contribution in [1.82, 2.24) is 15.0 Å². The molecule has 0 saturated carbocycles. The molecule has 0 amide bonds. The molecule has 60 valence electrons. The van der Waals surface area contributed by atoms with Crippen LogP contribution < -0.4 is 5.73 Å². The van der Waals surface area contributed by atoms with Gasteiger partial charge in [0.15, 0.2) is 5.82 Å². The van der Waals surface area contributed by atoms with E-state index < -0.39 is 0 Å². The first-order valence-electron chi connectivity index (χ1n) is 3.34. The van der Waals surface area contributed by atoms with E-state index in [4.69, 9.17) is 5.73 Å². The first kappa shape index (κ1) is 7.17. The van der Waals surface area contributed by atoms with Crippen molar-refractivity contribution < 1.29 is 0 Å². The summed E-state index contributed by atoms with van der Waals surface area (Å²) >= 11 is 1.44. The van der Waals surface area contributed by atoms with Crippen LogP contribution in [0, 0.1) is 0 Å². The van der Waals surface area contributed by atoms with Crippen LogP contribution in [0.25, 0.3) is 10.7 Å². The molecule has 0 saturated heterocycles. The molecule has 0 atom stereocenters. The number of anilines is 1. The molecule has 0 unspecified atom stereocenters. The number of nitrogen functional groups attached to an aromatic ring is 1. The minimum Gasteiger partial charge on any atom is -0.382 e. The van der Waals surface area contributed by atoms with Gasteiger partial charge in [0.05, 0.1) is 5.51 Å². The lowest BCUT2D eigenvalue weighted by Gasteiger charge is -1.93. The van der Waals surface area contributed by atoms with Gasteiger partial charge in [-0.25, -0.2) is 15.0 Å². The van der Waals surface area contributed by atoms with Gasteiger partial charge in [0.25, 0.3) is 0 Å². The normalized spacial score (nSPS) is 10.0. The third-order valence-corrected chi connectivity index (χ3v) is 2.20. The van der Waals surface area contributed by atoms with Crippen molar-refractivity contribution in [3.05, 3.63) is 24.0 Å². The molecule has 2 heterocycles. The van der Waals surface area contributed by atoms with E-state index >= 15 is 0 Å². The van der Waals surface area contributed by atoms with Crippen LogP contribution in [0.1, 0.15) is 0 Å². The number of aromatic nitrogens is 3. The van der Waals surface area contributed by atoms with Gasteiger partial charge in [0.2, 0.25) is 0 Å². The average Bonchev–Trinajstić information content (AvgIpc) is 2.53. The van der Waals surface area contributed by atoms with Gasteiger partial charge in [-0.3, -0.25) is 0 Å². The summed E-state index contributed by atoms with van der Waals surface area (Å²) in [7, 11) is 0. The average molecular weight is 178 g/mol. The van der Waals surface area contributed by atoms with Crippen molar-refractivity contribution in [3.8, 4) is 10.7 Å². The smallest absolute Gasteiger partial charge is 0.173 e. The molecule has 2 N–H and O–H groups in total. The summed E-state index contributed by atoms with van der Waals surface area (Å²) < 4.78 is 0. The topological polar surface area (TPSA) is 64.7 Å². The molecule has 0 aliphatic rings. The summed E-state index contributed by atoms with van der Waals surface area (Å²) in [6.45, 7) is 0. The van der Waals surface area contributed by atoms with Crippen molar-refractivity contribution in [2.45, 2.75) is 0 Å². The predicted molar refractivity (Wildman–Crippen MR) is 47.6 cm³/mol. The molecule has 0 spiro atoms. The van der Waals surface area contributed by atoms with Crippen LogP contribution in [0.2, 0.25) is 0 Å². The SMILES string of the molecule is Nc1ncsc1-c1ncccn1. The molecule has 4 nitrogen and oxygen atoms in total. The molecule has 0 fully saturated rings. The summed E-state index contributed by atoms with van der Waals surface area (Å²) in [6, 6.07) is 1.76. The Kier molecular flexibility index (Phi) is 1.71. The van der Waals surface area contributed by atoms with Crippen LogP contribution in [-0.4, -0.2) is 15.0 Å². The largest absolute Gasteiger partial charge is 0.382 e. The van der Waals surface area contributed by atoms with Crippen molar-refractivity contribution in [2.75, 3.05) is 5.73 Å². The standard InChI is InChI=1S/C7H6N4S/c8-6-5(12-4-11-6)7-9-2-1-3-10-7/h1-4H,8H2. The highest BCUT2D eigenvalue weighted by Crippen LogP contribution is 2.24. The fourth-order valence-electron chi connectivity index (χ4n) is 0.838. The summed E-state index contributed by atoms with van der Waals surface area (Å²) in [4.78, 5) is 12.9. The maximum Gasteiger partial charge on any atom is 0.173 e. The molecule has 0 aliphatic heterocycles. The zero-order valence-corrected chi connectivity index (χ0v) is 6.95. The van der Waals surface area contributed by atoms with Gasteiger partial charge in [-0.15, -0.1) is 11.3 Å². The molecule has 0 bridgehead atoms. The number of nitrogens with two attached hydrogens (primary N) is 1. The van der Waals surface area contributed by atoms with Gasteiger partial charge >= 0.3 is 0 Å². The Morgan fingerprint density at radius 1 is 1.17 bits per heavy atom. The number of nitrogens with zero attached hydrogens (tertiary/aromatic N) is 3. The molecule has 12 heavy (non-hydrogen) atoms. The molecular formula is C7H6N4S. The molecule has 2 rings (SSSR count). The van der Waals surface area contributed by atoms with E-state index in [0.29, 0.717) is 11.6 Å². The van der Waals surface area contributed by atoms with Crippen LogP contribution >= 0.6 is 11.3 Å². The quantitative estimate of drug-likeness (QED) is 0.712. The lowest BCUT2D eigenvalue weighted by molar-refractivity contribution is 1.18. The summed E-state index contributed by atoms with van der Waals surface area (Å²) in [6.07, 6.45) is 3.36. The minimum absolute atomic E-state index is 0.492. The molecule has 0 radical (unpaired) electrons. The van der Waals surface area contributed by atoms with Gasteiger partial charge in [-0.2, -0.15) is 0 Å². The molecule has 0 aliphatic carbocycles. The first-order valence-corrected chi connectivity index (χ1v) is 4.22. The lowest BCUT2D eigenvalue weighted by atomic mass is 10.4. The fraction of sp³-hybridized carbons (Fsp3) is 0. The third-order valence-electron chi connectivity index (χ3n) is 1.36. The van der Waals surface area contributed by atoms with E-state index in [9.17, 15) is 0 Å². The van der Waals surface area contributed by atoms with Gasteiger partial charge in [0, 0.05) is 12.4 Å². The Bertz CT molecular complexity index is 370. The molecule has 2 aromatic rings. The van der Waals surface area contributed by atoms with E-state index in [1.165, 1.54) is 11.3 Å². The molecule has 0 aromatic carbocycles. The third kappa shape index (κ3) is 1.14. The monoisotopic (exact) mass is 178 g/mol. The van der Waals surface area contributed by atoms with Crippen LogP contribution in [-0.2, 0) is 0 Å². The second-order valence-electron chi connectivity index (χ2n) is 2.14. The number of rotatable bonds is 1. The highest BCUT2D eigenvalue weighted by atomic mass is 32.1. The Balaban J connectivity index is 2.51. The zero-order chi connectivity index (χ0) is 8.39.